The zero-order chi connectivity index (χ0) is 11.9. The van der Waals surface area contributed by atoms with Gasteiger partial charge in [-0.3, -0.25) is 4.79 Å². The molecule has 0 saturated heterocycles. The zero-order valence-electron chi connectivity index (χ0n) is 9.43. The summed E-state index contributed by atoms with van der Waals surface area (Å²) in [5.74, 6) is -0.138. The lowest BCUT2D eigenvalue weighted by Crippen LogP contribution is -2.49. The Morgan fingerprint density at radius 1 is 1.47 bits per heavy atom. The topological polar surface area (TPSA) is 52.2 Å². The Kier molecular flexibility index (Phi) is 3.28. The van der Waals surface area contributed by atoms with Gasteiger partial charge in [-0.1, -0.05) is 15.9 Å². The van der Waals surface area contributed by atoms with E-state index in [0.717, 1.165) is 5.06 Å². The summed E-state index contributed by atoms with van der Waals surface area (Å²) in [7, 11) is 0. The molecule has 85 valence electrons. The molecule has 1 aliphatic rings. The van der Waals surface area contributed by atoms with Crippen LogP contribution < -0.4 is 5.32 Å². The van der Waals surface area contributed by atoms with E-state index >= 15 is 0 Å². The highest BCUT2D eigenvalue weighted by molar-refractivity contribution is 9.09. The number of alkyl halides is 1. The van der Waals surface area contributed by atoms with Crippen molar-refractivity contribution in [1.82, 2.24) is 10.4 Å². The average molecular weight is 276 g/mol. The fourth-order valence-electron chi connectivity index (χ4n) is 1.79. The van der Waals surface area contributed by atoms with Gasteiger partial charge in [0.2, 0.25) is 5.91 Å². The minimum Gasteiger partial charge on any atom is -0.327 e. The van der Waals surface area contributed by atoms with Crippen molar-refractivity contribution >= 4 is 21.8 Å². The lowest BCUT2D eigenvalue weighted by molar-refractivity contribution is -0.239. The predicted octanol–water partition coefficient (Wildman–Crippen LogP) is 1.60. The normalized spacial score (nSPS) is 23.7. The van der Waals surface area contributed by atoms with Gasteiger partial charge < -0.3 is 5.32 Å². The number of halogens is 1. The van der Waals surface area contributed by atoms with E-state index < -0.39 is 11.1 Å². The number of rotatable bonds is 2. The highest BCUT2D eigenvalue weighted by atomic mass is 79.9. The van der Waals surface area contributed by atoms with E-state index in [9.17, 15) is 10.0 Å². The van der Waals surface area contributed by atoms with Crippen molar-refractivity contribution in [3.8, 4) is 0 Å². The van der Waals surface area contributed by atoms with Gasteiger partial charge in [-0.05, 0) is 33.8 Å². The molecule has 4 nitrogen and oxygen atoms in total. The minimum absolute atomic E-state index is 0.138. The van der Waals surface area contributed by atoms with Crippen molar-refractivity contribution in [1.29, 1.82) is 0 Å². The number of carbonyl (C=O) groups is 1. The molecule has 0 spiro atoms. The monoisotopic (exact) mass is 275 g/mol. The van der Waals surface area contributed by atoms with Crippen LogP contribution in [-0.4, -0.2) is 27.4 Å². The van der Waals surface area contributed by atoms with Crippen LogP contribution in [0.15, 0.2) is 11.8 Å². The summed E-state index contributed by atoms with van der Waals surface area (Å²) in [4.78, 5) is 11.3. The number of hydrogen-bond acceptors (Lipinski definition) is 2. The number of carbonyl (C=O) groups excluding carboxylic acids is 1. The van der Waals surface area contributed by atoms with Crippen LogP contribution in [0.3, 0.4) is 0 Å². The van der Waals surface area contributed by atoms with E-state index in [2.05, 4.69) is 21.2 Å². The molecule has 0 aliphatic carbocycles. The van der Waals surface area contributed by atoms with Gasteiger partial charge in [0.15, 0.2) is 0 Å². The summed E-state index contributed by atoms with van der Waals surface area (Å²) >= 11 is 3.07. The first-order chi connectivity index (χ1) is 6.71. The van der Waals surface area contributed by atoms with Crippen molar-refractivity contribution in [2.45, 2.75) is 38.8 Å². The second-order valence-corrected chi connectivity index (χ2v) is 5.31. The van der Waals surface area contributed by atoms with Gasteiger partial charge in [0.25, 0.3) is 0 Å². The Morgan fingerprint density at radius 3 is 2.33 bits per heavy atom. The van der Waals surface area contributed by atoms with Crippen LogP contribution in [0.1, 0.15) is 27.7 Å². The first-order valence-electron chi connectivity index (χ1n) is 4.78. The van der Waals surface area contributed by atoms with E-state index in [0.29, 0.717) is 5.70 Å². The maximum absolute atomic E-state index is 11.9. The van der Waals surface area contributed by atoms with E-state index in [1.807, 2.05) is 13.8 Å². The van der Waals surface area contributed by atoms with Gasteiger partial charge >= 0.3 is 0 Å². The summed E-state index contributed by atoms with van der Waals surface area (Å²) < 4.78 is 0. The van der Waals surface area contributed by atoms with Crippen molar-refractivity contribution in [3.63, 3.8) is 0 Å². The summed E-state index contributed by atoms with van der Waals surface area (Å²) in [6, 6.07) is 0. The quantitative estimate of drug-likeness (QED) is 0.779. The molecule has 0 saturated carbocycles. The number of nitrogens with zero attached hydrogens (tertiary/aromatic N) is 1. The third kappa shape index (κ3) is 2.24. The highest BCUT2D eigenvalue weighted by Crippen LogP contribution is 2.37. The Balaban J connectivity index is 2.93. The summed E-state index contributed by atoms with van der Waals surface area (Å²) in [5, 5.41) is 15.9. The van der Waals surface area contributed by atoms with E-state index in [4.69, 9.17) is 0 Å². The second kappa shape index (κ2) is 3.88. The van der Waals surface area contributed by atoms with E-state index in [1.165, 1.54) is 0 Å². The lowest BCUT2D eigenvalue weighted by atomic mass is 10.0. The number of hydroxylamine groups is 2. The first kappa shape index (κ1) is 12.7. The molecule has 0 aromatic heterocycles. The largest absolute Gasteiger partial charge is 0.327 e. The molecular weight excluding hydrogens is 260 g/mol. The van der Waals surface area contributed by atoms with Gasteiger partial charge in [0.05, 0.1) is 16.4 Å². The molecule has 0 aromatic rings. The van der Waals surface area contributed by atoms with Crippen molar-refractivity contribution in [2.75, 3.05) is 5.33 Å². The molecule has 5 heteroatoms. The van der Waals surface area contributed by atoms with Gasteiger partial charge in [-0.15, -0.1) is 10.3 Å². The number of amides is 1. The van der Waals surface area contributed by atoms with Gasteiger partial charge in [-0.2, -0.15) is 0 Å². The van der Waals surface area contributed by atoms with Gasteiger partial charge in [-0.25, -0.2) is 0 Å². The molecule has 1 rings (SSSR count). The van der Waals surface area contributed by atoms with Crippen LogP contribution in [0.4, 0.5) is 0 Å². The smallest absolute Gasteiger partial charge is 0.234 e. The second-order valence-electron chi connectivity index (χ2n) is 4.75. The Labute approximate surface area is 98.4 Å². The molecule has 0 aromatic carbocycles. The average Bonchev–Trinajstić information content (AvgIpc) is 2.27. The van der Waals surface area contributed by atoms with Crippen molar-refractivity contribution in [3.05, 3.63) is 11.8 Å². The molecule has 0 bridgehead atoms. The minimum atomic E-state index is -0.679. The summed E-state index contributed by atoms with van der Waals surface area (Å²) in [5.41, 5.74) is -0.577. The maximum atomic E-state index is 11.9. The van der Waals surface area contributed by atoms with Crippen molar-refractivity contribution < 1.29 is 10.0 Å². The molecule has 1 aliphatic heterocycles. The molecule has 1 amide bonds. The molecule has 0 unspecified atom stereocenters. The van der Waals surface area contributed by atoms with Crippen LogP contribution in [0.25, 0.3) is 0 Å². The molecule has 1 heterocycles. The third-order valence-corrected chi connectivity index (χ3v) is 3.09. The van der Waals surface area contributed by atoms with Gasteiger partial charge in [0.1, 0.15) is 0 Å². The van der Waals surface area contributed by atoms with E-state index in [1.54, 1.807) is 19.9 Å². The van der Waals surface area contributed by atoms with Crippen LogP contribution in [0, 0.1) is 0 Å². The Morgan fingerprint density at radius 2 is 2.00 bits per heavy atom. The Hall–Kier alpha value is -0.390. The predicted molar refractivity (Wildman–Crippen MR) is 60.7 cm³/mol. The number of hydrogen-bond donors (Lipinski definition) is 1. The molecule has 0 fully saturated rings. The van der Waals surface area contributed by atoms with Crippen LogP contribution in [-0.2, 0) is 10.0 Å². The lowest BCUT2D eigenvalue weighted by Gasteiger charge is -2.33. The standard InChI is InChI=1S/C10H16BrN2O2/c1-9(2)5-7(12-8(14)6-11)10(3,4)13(9)15/h5H,6H2,1-4H3,(H,12,14). The van der Waals surface area contributed by atoms with Gasteiger partial charge in [0, 0.05) is 5.70 Å². The molecule has 1 radical (unpaired) electrons. The molecule has 15 heavy (non-hydrogen) atoms. The van der Waals surface area contributed by atoms with E-state index in [-0.39, 0.29) is 11.2 Å². The van der Waals surface area contributed by atoms with Crippen LogP contribution >= 0.6 is 15.9 Å². The first-order valence-corrected chi connectivity index (χ1v) is 5.90. The SMILES string of the molecule is CC1(C)C=C(NC(=O)CBr)C(C)(C)N1[O]. The zero-order valence-corrected chi connectivity index (χ0v) is 11.0. The van der Waals surface area contributed by atoms with Crippen molar-refractivity contribution in [2.24, 2.45) is 0 Å². The highest BCUT2D eigenvalue weighted by Gasteiger charge is 2.46. The summed E-state index contributed by atoms with van der Waals surface area (Å²) in [6.45, 7) is 7.26. The van der Waals surface area contributed by atoms with Crippen LogP contribution in [0.2, 0.25) is 0 Å². The third-order valence-electron chi connectivity index (χ3n) is 2.58. The maximum Gasteiger partial charge on any atom is 0.234 e. The summed E-state index contributed by atoms with van der Waals surface area (Å²) in [6.07, 6.45) is 1.81. The van der Waals surface area contributed by atoms with Crippen LogP contribution in [0.5, 0.6) is 0 Å². The Bertz CT molecular complexity index is 311. The molecule has 1 N–H and O–H groups in total. The fraction of sp³-hybridized carbons (Fsp3) is 0.700. The molecule has 0 atom stereocenters. The molecular formula is C10H16BrN2O2. The number of nitrogens with one attached hydrogen (secondary N) is 1. The fourth-order valence-corrected chi connectivity index (χ4v) is 1.93.